The number of hydrogen-bond donors (Lipinski definition) is 5. The largest absolute Gasteiger partial charge is 0.480 e. The molecule has 1 unspecified atom stereocenters. The molecule has 5 N–H and O–H groups in total. The van der Waals surface area contributed by atoms with Gasteiger partial charge in [0, 0.05) is 58.5 Å². The fourth-order valence-corrected chi connectivity index (χ4v) is 4.15. The number of nitrogens with zero attached hydrogens (tertiary/aromatic N) is 5. The number of carboxylic acid groups (broad SMARTS) is 1. The van der Waals surface area contributed by atoms with Crippen LogP contribution in [0.1, 0.15) is 16.7 Å². The van der Waals surface area contributed by atoms with Crippen molar-refractivity contribution in [2.45, 2.75) is 19.0 Å². The molecule has 1 saturated heterocycles. The highest BCUT2D eigenvalue weighted by atomic mass is 16.5. The molecule has 4 rings (SSSR count). The lowest BCUT2D eigenvalue weighted by atomic mass is 10.0. The predicted octanol–water partition coefficient (Wildman–Crippen LogP) is 2.06. The highest BCUT2D eigenvalue weighted by Crippen LogP contribution is 2.19. The molecular formula is C27H33N9O3. The third-order valence-electron chi connectivity index (χ3n) is 6.15. The van der Waals surface area contributed by atoms with Gasteiger partial charge in [0.2, 0.25) is 17.8 Å². The van der Waals surface area contributed by atoms with Crippen LogP contribution in [0.2, 0.25) is 0 Å². The predicted molar refractivity (Wildman–Crippen MR) is 148 cm³/mol. The van der Waals surface area contributed by atoms with E-state index in [4.69, 9.17) is 10.00 Å². The van der Waals surface area contributed by atoms with E-state index in [0.717, 1.165) is 44.0 Å². The highest BCUT2D eigenvalue weighted by molar-refractivity contribution is 5.77. The number of piperazine rings is 1. The number of carboxylic acids is 1. The molecule has 0 amide bonds. The topological polar surface area (TPSA) is 160 Å². The van der Waals surface area contributed by atoms with Crippen LogP contribution in [-0.4, -0.2) is 83.4 Å². The van der Waals surface area contributed by atoms with E-state index in [1.165, 1.54) is 5.56 Å². The van der Waals surface area contributed by atoms with Gasteiger partial charge in [0.1, 0.15) is 6.04 Å². The molecule has 1 aliphatic rings. The molecule has 1 atom stereocenters. The molecule has 2 heterocycles. The lowest BCUT2D eigenvalue weighted by molar-refractivity contribution is -0.137. The van der Waals surface area contributed by atoms with Gasteiger partial charge >= 0.3 is 5.97 Å². The number of nitrogens with one attached hydrogen (secondary N) is 4. The van der Waals surface area contributed by atoms with Gasteiger partial charge in [-0.1, -0.05) is 24.3 Å². The SMILES string of the molecule is COCCNc1nc(Nc2cccc(CN3CCNCC3)c2)nc(NC(Cc2ccc(C#N)cc2)C(=O)O)n1. The second-order valence-corrected chi connectivity index (χ2v) is 9.13. The van der Waals surface area contributed by atoms with Crippen LogP contribution in [-0.2, 0) is 22.5 Å². The van der Waals surface area contributed by atoms with E-state index in [0.29, 0.717) is 18.7 Å². The summed E-state index contributed by atoms with van der Waals surface area (Å²) in [7, 11) is 1.60. The summed E-state index contributed by atoms with van der Waals surface area (Å²) in [5.41, 5.74) is 3.26. The first-order valence-corrected chi connectivity index (χ1v) is 12.8. The summed E-state index contributed by atoms with van der Waals surface area (Å²) in [6.45, 7) is 5.74. The van der Waals surface area contributed by atoms with Gasteiger partial charge in [-0.15, -0.1) is 0 Å². The molecule has 1 fully saturated rings. The first kappa shape index (κ1) is 27.7. The summed E-state index contributed by atoms with van der Waals surface area (Å²) in [6, 6.07) is 15.9. The Bertz CT molecular complexity index is 1270. The maximum Gasteiger partial charge on any atom is 0.326 e. The summed E-state index contributed by atoms with van der Waals surface area (Å²) in [6.07, 6.45) is 0.177. The smallest absolute Gasteiger partial charge is 0.326 e. The van der Waals surface area contributed by atoms with Crippen molar-refractivity contribution in [3.05, 3.63) is 65.2 Å². The Morgan fingerprint density at radius 3 is 2.56 bits per heavy atom. The van der Waals surface area contributed by atoms with Gasteiger partial charge in [-0.3, -0.25) is 4.90 Å². The van der Waals surface area contributed by atoms with Crippen LogP contribution < -0.4 is 21.3 Å². The summed E-state index contributed by atoms with van der Waals surface area (Å²) in [5, 5.41) is 31.5. The van der Waals surface area contributed by atoms with E-state index in [1.807, 2.05) is 12.1 Å². The maximum absolute atomic E-state index is 12.1. The monoisotopic (exact) mass is 531 g/mol. The van der Waals surface area contributed by atoms with Crippen molar-refractivity contribution < 1.29 is 14.6 Å². The van der Waals surface area contributed by atoms with Gasteiger partial charge in [0.05, 0.1) is 18.2 Å². The van der Waals surface area contributed by atoms with Crippen molar-refractivity contribution in [1.82, 2.24) is 25.2 Å². The second kappa shape index (κ2) is 14.0. The van der Waals surface area contributed by atoms with Crippen LogP contribution >= 0.6 is 0 Å². The van der Waals surface area contributed by atoms with Crippen molar-refractivity contribution in [2.24, 2.45) is 0 Å². The molecule has 12 nitrogen and oxygen atoms in total. The maximum atomic E-state index is 12.1. The number of ether oxygens (including phenoxy) is 1. The number of benzene rings is 2. The third-order valence-corrected chi connectivity index (χ3v) is 6.15. The molecular weight excluding hydrogens is 498 g/mol. The molecule has 0 saturated carbocycles. The highest BCUT2D eigenvalue weighted by Gasteiger charge is 2.20. The fourth-order valence-electron chi connectivity index (χ4n) is 4.15. The van der Waals surface area contributed by atoms with Gasteiger partial charge in [0.15, 0.2) is 0 Å². The Hall–Kier alpha value is -4.31. The van der Waals surface area contributed by atoms with E-state index in [2.05, 4.69) is 59.3 Å². The second-order valence-electron chi connectivity index (χ2n) is 9.13. The molecule has 204 valence electrons. The lowest BCUT2D eigenvalue weighted by Crippen LogP contribution is -2.42. The Morgan fingerprint density at radius 2 is 1.85 bits per heavy atom. The number of hydrogen-bond acceptors (Lipinski definition) is 11. The van der Waals surface area contributed by atoms with E-state index in [-0.39, 0.29) is 24.3 Å². The first-order valence-electron chi connectivity index (χ1n) is 12.8. The van der Waals surface area contributed by atoms with Gasteiger partial charge in [-0.2, -0.15) is 20.2 Å². The van der Waals surface area contributed by atoms with Gasteiger partial charge in [0.25, 0.3) is 0 Å². The van der Waals surface area contributed by atoms with Gasteiger partial charge in [-0.05, 0) is 35.4 Å². The van der Waals surface area contributed by atoms with Crippen LogP contribution in [0.5, 0.6) is 0 Å². The number of aromatic nitrogens is 3. The number of carbonyl (C=O) groups is 1. The van der Waals surface area contributed by atoms with Crippen molar-refractivity contribution in [2.75, 3.05) is 62.4 Å². The summed E-state index contributed by atoms with van der Waals surface area (Å²) >= 11 is 0. The van der Waals surface area contributed by atoms with E-state index < -0.39 is 12.0 Å². The zero-order chi connectivity index (χ0) is 27.5. The van der Waals surface area contributed by atoms with Crippen LogP contribution in [0, 0.1) is 11.3 Å². The molecule has 3 aromatic rings. The molecule has 0 aliphatic carbocycles. The minimum atomic E-state index is -1.05. The van der Waals surface area contributed by atoms with Crippen LogP contribution in [0.25, 0.3) is 0 Å². The van der Waals surface area contributed by atoms with Crippen molar-refractivity contribution in [1.29, 1.82) is 5.26 Å². The average molecular weight is 532 g/mol. The number of rotatable bonds is 13. The standard InChI is InChI=1S/C27H33N9O3/c1-39-14-11-30-25-33-26(31-22-4-2-3-21(15-22)18-36-12-9-29-10-13-36)35-27(34-25)32-23(24(37)38)16-19-5-7-20(17-28)8-6-19/h2-8,15,23,29H,9-14,16,18H2,1H3,(H,37,38)(H3,30,31,32,33,34,35). The minimum Gasteiger partial charge on any atom is -0.480 e. The number of methoxy groups -OCH3 is 1. The molecule has 0 bridgehead atoms. The lowest BCUT2D eigenvalue weighted by Gasteiger charge is -2.27. The fraction of sp³-hybridized carbons (Fsp3) is 0.370. The zero-order valence-corrected chi connectivity index (χ0v) is 21.9. The zero-order valence-electron chi connectivity index (χ0n) is 21.9. The van der Waals surface area contributed by atoms with Crippen LogP contribution in [0.15, 0.2) is 48.5 Å². The van der Waals surface area contributed by atoms with Crippen LogP contribution in [0.4, 0.5) is 23.5 Å². The first-order chi connectivity index (χ1) is 19.0. The summed E-state index contributed by atoms with van der Waals surface area (Å²) in [4.78, 5) is 27.8. The third kappa shape index (κ3) is 8.61. The van der Waals surface area contributed by atoms with E-state index >= 15 is 0 Å². The Kier molecular flexibility index (Phi) is 9.96. The molecule has 2 aromatic carbocycles. The quantitative estimate of drug-likeness (QED) is 0.205. The number of anilines is 4. The average Bonchev–Trinajstić information content (AvgIpc) is 2.94. The Labute approximate surface area is 227 Å². The summed E-state index contributed by atoms with van der Waals surface area (Å²) in [5.74, 6) is -0.380. The Morgan fingerprint density at radius 1 is 1.10 bits per heavy atom. The molecule has 1 aromatic heterocycles. The van der Waals surface area contributed by atoms with Crippen molar-refractivity contribution >= 4 is 29.5 Å². The van der Waals surface area contributed by atoms with Crippen LogP contribution in [0.3, 0.4) is 0 Å². The number of aliphatic carboxylic acids is 1. The minimum absolute atomic E-state index is 0.116. The van der Waals surface area contributed by atoms with E-state index in [1.54, 1.807) is 31.4 Å². The van der Waals surface area contributed by atoms with E-state index in [9.17, 15) is 9.90 Å². The number of nitriles is 1. The van der Waals surface area contributed by atoms with Crippen molar-refractivity contribution in [3.63, 3.8) is 0 Å². The molecule has 39 heavy (non-hydrogen) atoms. The molecule has 1 aliphatic heterocycles. The van der Waals surface area contributed by atoms with Gasteiger partial charge < -0.3 is 31.1 Å². The molecule has 0 spiro atoms. The molecule has 0 radical (unpaired) electrons. The summed E-state index contributed by atoms with van der Waals surface area (Å²) < 4.78 is 5.10. The van der Waals surface area contributed by atoms with Crippen molar-refractivity contribution in [3.8, 4) is 6.07 Å². The normalized spacial score (nSPS) is 14.3. The Balaban J connectivity index is 1.52. The van der Waals surface area contributed by atoms with Gasteiger partial charge in [-0.25, -0.2) is 4.79 Å². The molecule has 12 heteroatoms.